The largest absolute Gasteiger partial charge is 0.478 e. The summed E-state index contributed by atoms with van der Waals surface area (Å²) in [5.41, 5.74) is 3.31. The van der Waals surface area contributed by atoms with Crippen molar-refractivity contribution in [1.82, 2.24) is 25.3 Å². The van der Waals surface area contributed by atoms with Crippen LogP contribution in [0.1, 0.15) is 29.4 Å². The molecular formula is C20H22N6O2. The first kappa shape index (κ1) is 18.1. The minimum Gasteiger partial charge on any atom is -0.478 e. The molecule has 0 aliphatic carbocycles. The first-order valence-electron chi connectivity index (χ1n) is 9.30. The number of nitrogens with one attached hydrogen (secondary N) is 2. The zero-order chi connectivity index (χ0) is 19.5. The van der Waals surface area contributed by atoms with Crippen molar-refractivity contribution in [2.24, 2.45) is 7.05 Å². The van der Waals surface area contributed by atoms with Gasteiger partial charge in [0.2, 0.25) is 5.88 Å². The molecular weight excluding hydrogens is 356 g/mol. The predicted octanol–water partition coefficient (Wildman–Crippen LogP) is 2.39. The van der Waals surface area contributed by atoms with E-state index in [0.29, 0.717) is 23.9 Å². The van der Waals surface area contributed by atoms with Crippen LogP contribution >= 0.6 is 0 Å². The number of fused-ring (bicyclic) bond motifs is 1. The van der Waals surface area contributed by atoms with E-state index in [-0.39, 0.29) is 5.91 Å². The molecule has 144 valence electrons. The highest BCUT2D eigenvalue weighted by atomic mass is 16.5. The molecule has 8 nitrogen and oxygen atoms in total. The van der Waals surface area contributed by atoms with Crippen LogP contribution in [0.25, 0.3) is 16.5 Å². The molecule has 0 bridgehead atoms. The summed E-state index contributed by atoms with van der Waals surface area (Å²) in [4.78, 5) is 12.7. The average Bonchev–Trinajstić information content (AvgIpc) is 3.04. The van der Waals surface area contributed by atoms with Gasteiger partial charge in [0.25, 0.3) is 5.91 Å². The molecule has 1 aromatic carbocycles. The van der Waals surface area contributed by atoms with Crippen molar-refractivity contribution in [1.29, 1.82) is 0 Å². The molecule has 0 radical (unpaired) electrons. The molecule has 28 heavy (non-hydrogen) atoms. The summed E-state index contributed by atoms with van der Waals surface area (Å²) in [6.45, 7) is 4.22. The van der Waals surface area contributed by atoms with Gasteiger partial charge in [-0.3, -0.25) is 4.79 Å². The number of benzene rings is 1. The molecule has 0 saturated carbocycles. The zero-order valence-corrected chi connectivity index (χ0v) is 15.9. The van der Waals surface area contributed by atoms with Gasteiger partial charge in [-0.25, -0.2) is 4.68 Å². The smallest absolute Gasteiger partial charge is 0.256 e. The van der Waals surface area contributed by atoms with Crippen molar-refractivity contribution in [2.75, 3.05) is 25.0 Å². The Labute approximate surface area is 162 Å². The van der Waals surface area contributed by atoms with Crippen LogP contribution < -0.4 is 15.4 Å². The first-order valence-corrected chi connectivity index (χ1v) is 9.30. The highest BCUT2D eigenvalue weighted by Crippen LogP contribution is 2.26. The Balaban J connectivity index is 1.53. The Morgan fingerprint density at radius 1 is 1.29 bits per heavy atom. The summed E-state index contributed by atoms with van der Waals surface area (Å²) in [5.74, 6) is 0.808. The lowest BCUT2D eigenvalue weighted by Gasteiger charge is -2.13. The number of anilines is 1. The minimum atomic E-state index is -0.253. The fraction of sp³-hybridized carbons (Fsp3) is 0.300. The number of carbonyl (C=O) groups excluding carboxylic acids is 1. The Morgan fingerprint density at radius 3 is 2.89 bits per heavy atom. The van der Waals surface area contributed by atoms with Gasteiger partial charge in [0.05, 0.1) is 23.2 Å². The number of aromatic nitrogens is 4. The Bertz CT molecular complexity index is 1040. The van der Waals surface area contributed by atoms with Gasteiger partial charge in [0.15, 0.2) is 5.82 Å². The van der Waals surface area contributed by atoms with Crippen LogP contribution in [0.2, 0.25) is 0 Å². The van der Waals surface area contributed by atoms with E-state index in [1.807, 2.05) is 26.1 Å². The van der Waals surface area contributed by atoms with E-state index < -0.39 is 0 Å². The molecule has 0 atom stereocenters. The van der Waals surface area contributed by atoms with Crippen molar-refractivity contribution in [3.05, 3.63) is 47.7 Å². The second-order valence-electron chi connectivity index (χ2n) is 6.54. The summed E-state index contributed by atoms with van der Waals surface area (Å²) >= 11 is 0. The van der Waals surface area contributed by atoms with E-state index in [1.54, 1.807) is 22.9 Å². The van der Waals surface area contributed by atoms with Gasteiger partial charge in [-0.05, 0) is 55.8 Å². The number of nitrogens with zero attached hydrogens (tertiary/aromatic N) is 4. The number of hydrogen-bond acceptors (Lipinski definition) is 6. The fourth-order valence-corrected chi connectivity index (χ4v) is 3.24. The van der Waals surface area contributed by atoms with Crippen LogP contribution in [0.3, 0.4) is 0 Å². The topological polar surface area (TPSA) is 94.0 Å². The molecule has 2 N–H and O–H groups in total. The van der Waals surface area contributed by atoms with Crippen molar-refractivity contribution >= 4 is 28.2 Å². The normalized spacial score (nSPS) is 14.0. The Hall–Kier alpha value is -3.26. The SMILES string of the molecule is CCOc1c2cc(C(=O)Nc3ccc(C4=CCNCC4)nn3)ccc2nn1C. The van der Waals surface area contributed by atoms with E-state index in [4.69, 9.17) is 4.74 Å². The standard InChI is InChI=1S/C20H22N6O2/c1-3-28-20-15-12-14(4-5-17(15)25-26(20)2)19(27)22-18-7-6-16(23-24-18)13-8-10-21-11-9-13/h4-8,12,21H,3,9-11H2,1-2H3,(H,22,24,27). The van der Waals surface area contributed by atoms with Crippen LogP contribution in [0.15, 0.2) is 36.4 Å². The van der Waals surface area contributed by atoms with E-state index >= 15 is 0 Å². The number of amides is 1. The lowest BCUT2D eigenvalue weighted by atomic mass is 10.1. The number of aryl methyl sites for hydroxylation is 1. The predicted molar refractivity (Wildman–Crippen MR) is 107 cm³/mol. The van der Waals surface area contributed by atoms with E-state index in [0.717, 1.165) is 36.1 Å². The van der Waals surface area contributed by atoms with Crippen LogP contribution in [-0.2, 0) is 7.05 Å². The molecule has 8 heteroatoms. The van der Waals surface area contributed by atoms with Crippen molar-refractivity contribution in [3.63, 3.8) is 0 Å². The van der Waals surface area contributed by atoms with E-state index in [1.165, 1.54) is 5.57 Å². The van der Waals surface area contributed by atoms with Crippen LogP contribution in [0, 0.1) is 0 Å². The maximum absolute atomic E-state index is 12.7. The third kappa shape index (κ3) is 3.59. The molecule has 1 amide bonds. The monoisotopic (exact) mass is 378 g/mol. The number of ether oxygens (including phenoxy) is 1. The van der Waals surface area contributed by atoms with Crippen LogP contribution in [0.5, 0.6) is 5.88 Å². The van der Waals surface area contributed by atoms with E-state index in [9.17, 15) is 4.79 Å². The van der Waals surface area contributed by atoms with E-state index in [2.05, 4.69) is 32.0 Å². The maximum Gasteiger partial charge on any atom is 0.256 e. The molecule has 2 aromatic heterocycles. The minimum absolute atomic E-state index is 0.253. The highest BCUT2D eigenvalue weighted by Gasteiger charge is 2.15. The first-order chi connectivity index (χ1) is 13.7. The van der Waals surface area contributed by atoms with Gasteiger partial charge < -0.3 is 15.4 Å². The average molecular weight is 378 g/mol. The molecule has 3 heterocycles. The van der Waals surface area contributed by atoms with Gasteiger partial charge in [-0.1, -0.05) is 6.08 Å². The second-order valence-corrected chi connectivity index (χ2v) is 6.54. The summed E-state index contributed by atoms with van der Waals surface area (Å²) in [7, 11) is 1.82. The zero-order valence-electron chi connectivity index (χ0n) is 15.9. The molecule has 3 aromatic rings. The molecule has 0 unspecified atom stereocenters. The fourth-order valence-electron chi connectivity index (χ4n) is 3.24. The third-order valence-electron chi connectivity index (χ3n) is 4.62. The van der Waals surface area contributed by atoms with Gasteiger partial charge >= 0.3 is 0 Å². The van der Waals surface area contributed by atoms with Crippen LogP contribution in [-0.4, -0.2) is 45.6 Å². The molecule has 0 saturated heterocycles. The second kappa shape index (κ2) is 7.77. The molecule has 1 aliphatic rings. The van der Waals surface area contributed by atoms with Gasteiger partial charge in [-0.2, -0.15) is 5.10 Å². The van der Waals surface area contributed by atoms with Gasteiger partial charge in [0, 0.05) is 19.2 Å². The Kier molecular flexibility index (Phi) is 5.03. The molecule has 0 spiro atoms. The molecule has 0 fully saturated rings. The van der Waals surface area contributed by atoms with Gasteiger partial charge in [-0.15, -0.1) is 10.2 Å². The van der Waals surface area contributed by atoms with Crippen molar-refractivity contribution in [3.8, 4) is 5.88 Å². The quantitative estimate of drug-likeness (QED) is 0.708. The molecule has 4 rings (SSSR count). The molecule has 1 aliphatic heterocycles. The lowest BCUT2D eigenvalue weighted by molar-refractivity contribution is 0.102. The lowest BCUT2D eigenvalue weighted by Crippen LogP contribution is -2.20. The van der Waals surface area contributed by atoms with Crippen molar-refractivity contribution < 1.29 is 9.53 Å². The van der Waals surface area contributed by atoms with Crippen molar-refractivity contribution in [2.45, 2.75) is 13.3 Å². The highest BCUT2D eigenvalue weighted by molar-refractivity contribution is 6.06. The van der Waals surface area contributed by atoms with Crippen LogP contribution in [0.4, 0.5) is 5.82 Å². The summed E-state index contributed by atoms with van der Waals surface area (Å²) in [6.07, 6.45) is 3.04. The summed E-state index contributed by atoms with van der Waals surface area (Å²) < 4.78 is 7.33. The Morgan fingerprint density at radius 2 is 2.18 bits per heavy atom. The summed E-state index contributed by atoms with van der Waals surface area (Å²) in [6, 6.07) is 8.99. The number of hydrogen-bond donors (Lipinski definition) is 2. The number of rotatable bonds is 5. The third-order valence-corrected chi connectivity index (χ3v) is 4.62. The summed E-state index contributed by atoms with van der Waals surface area (Å²) in [5, 5.41) is 19.7. The number of carbonyl (C=O) groups is 1. The maximum atomic E-state index is 12.7. The van der Waals surface area contributed by atoms with Gasteiger partial charge in [0.1, 0.15) is 0 Å².